The van der Waals surface area contributed by atoms with Gasteiger partial charge in [0.1, 0.15) is 0 Å². The predicted molar refractivity (Wildman–Crippen MR) is 85.1 cm³/mol. The van der Waals surface area contributed by atoms with Crippen LogP contribution in [0.25, 0.3) is 0 Å². The molecule has 4 nitrogen and oxygen atoms in total. The maximum Gasteiger partial charge on any atom is 0.240 e. The number of aromatic nitrogens is 2. The molecule has 1 aliphatic carbocycles. The molecule has 2 atom stereocenters. The molecule has 1 N–H and O–H groups in total. The largest absolute Gasteiger partial charge is 0.338 e. The molecule has 112 valence electrons. The van der Waals surface area contributed by atoms with Crippen LogP contribution in [0.5, 0.6) is 0 Å². The molecule has 2 heterocycles. The van der Waals surface area contributed by atoms with Crippen LogP contribution in [0.1, 0.15) is 56.0 Å². The van der Waals surface area contributed by atoms with Crippen molar-refractivity contribution in [2.75, 3.05) is 11.5 Å². The highest BCUT2D eigenvalue weighted by Crippen LogP contribution is 2.42. The normalized spacial score (nSPS) is 28.1. The fourth-order valence-corrected chi connectivity index (χ4v) is 5.94. The van der Waals surface area contributed by atoms with Crippen LogP contribution in [-0.4, -0.2) is 32.9 Å². The highest BCUT2D eigenvalue weighted by atomic mass is 32.2. The number of rotatable bonds is 5. The minimum Gasteiger partial charge on any atom is -0.338 e. The average molecular weight is 313 g/mol. The summed E-state index contributed by atoms with van der Waals surface area (Å²) in [4.78, 5) is 4.62. The van der Waals surface area contributed by atoms with E-state index < -0.39 is 0 Å². The Kier molecular flexibility index (Phi) is 5.29. The molecule has 1 saturated carbocycles. The molecule has 0 bridgehead atoms. The van der Waals surface area contributed by atoms with Gasteiger partial charge in [0.15, 0.2) is 5.82 Å². The van der Waals surface area contributed by atoms with E-state index in [1.807, 2.05) is 11.8 Å². The molecule has 2 fully saturated rings. The summed E-state index contributed by atoms with van der Waals surface area (Å²) in [5.74, 6) is 4.08. The molecule has 3 rings (SSSR count). The van der Waals surface area contributed by atoms with Gasteiger partial charge in [0.25, 0.3) is 0 Å². The Bertz CT molecular complexity index is 420. The van der Waals surface area contributed by atoms with Gasteiger partial charge in [-0.25, -0.2) is 0 Å². The van der Waals surface area contributed by atoms with E-state index in [9.17, 15) is 0 Å². The lowest BCUT2D eigenvalue weighted by Crippen LogP contribution is -2.25. The van der Waals surface area contributed by atoms with E-state index in [-0.39, 0.29) is 0 Å². The van der Waals surface area contributed by atoms with Crippen molar-refractivity contribution in [3.63, 3.8) is 0 Å². The minimum absolute atomic E-state index is 0.405. The van der Waals surface area contributed by atoms with E-state index in [0.29, 0.717) is 16.5 Å². The van der Waals surface area contributed by atoms with Gasteiger partial charge in [-0.1, -0.05) is 24.9 Å². The number of thioether (sulfide) groups is 2. The van der Waals surface area contributed by atoms with Gasteiger partial charge < -0.3 is 9.84 Å². The monoisotopic (exact) mass is 313 g/mol. The minimum atomic E-state index is 0.405. The summed E-state index contributed by atoms with van der Waals surface area (Å²) in [6.07, 6.45) is 6.44. The number of hydrogen-bond donors (Lipinski definition) is 1. The fraction of sp³-hybridized carbons (Fsp3) is 0.857. The summed E-state index contributed by atoms with van der Waals surface area (Å²) >= 11 is 4.03. The summed E-state index contributed by atoms with van der Waals surface area (Å²) < 4.78 is 5.42. The smallest absolute Gasteiger partial charge is 0.240 e. The lowest BCUT2D eigenvalue weighted by Gasteiger charge is -2.27. The third kappa shape index (κ3) is 3.52. The van der Waals surface area contributed by atoms with Crippen LogP contribution in [0.4, 0.5) is 0 Å². The fourth-order valence-electron chi connectivity index (χ4n) is 2.96. The third-order valence-electron chi connectivity index (χ3n) is 4.09. The maximum atomic E-state index is 5.42. The van der Waals surface area contributed by atoms with Gasteiger partial charge in [-0.05, 0) is 19.3 Å². The molecule has 1 aliphatic heterocycles. The molecule has 0 spiro atoms. The zero-order valence-corrected chi connectivity index (χ0v) is 13.6. The van der Waals surface area contributed by atoms with Crippen molar-refractivity contribution in [1.82, 2.24) is 15.5 Å². The van der Waals surface area contributed by atoms with E-state index in [2.05, 4.69) is 34.1 Å². The Morgan fingerprint density at radius 3 is 2.85 bits per heavy atom. The van der Waals surface area contributed by atoms with E-state index in [0.717, 1.165) is 18.3 Å². The molecular formula is C14H23N3OS2. The van der Waals surface area contributed by atoms with E-state index in [1.54, 1.807) is 0 Å². The van der Waals surface area contributed by atoms with E-state index in [4.69, 9.17) is 4.52 Å². The molecule has 1 aromatic heterocycles. The van der Waals surface area contributed by atoms with Crippen molar-refractivity contribution in [3.8, 4) is 0 Å². The van der Waals surface area contributed by atoms with Crippen LogP contribution < -0.4 is 5.32 Å². The number of nitrogens with zero attached hydrogens (tertiary/aromatic N) is 2. The first-order chi connectivity index (χ1) is 9.86. The Balaban J connectivity index is 1.57. The summed E-state index contributed by atoms with van der Waals surface area (Å²) in [6.45, 7) is 2.97. The highest BCUT2D eigenvalue weighted by Gasteiger charge is 2.30. The molecule has 0 radical (unpaired) electrons. The van der Waals surface area contributed by atoms with Crippen LogP contribution in [0.3, 0.4) is 0 Å². The number of nitrogens with one attached hydrogen (secondary N) is 1. The molecule has 0 aromatic carbocycles. The van der Waals surface area contributed by atoms with Crippen LogP contribution in [-0.2, 0) is 6.54 Å². The Labute approximate surface area is 129 Å². The predicted octanol–water partition coefficient (Wildman–Crippen LogP) is 3.40. The maximum absolute atomic E-state index is 5.42. The lowest BCUT2D eigenvalue weighted by atomic mass is 10.2. The SMILES string of the molecule is CCC1SCCSC1c1noc(CNC2CCCC2)n1. The summed E-state index contributed by atoms with van der Waals surface area (Å²) in [5.41, 5.74) is 0. The molecule has 1 aromatic rings. The first-order valence-corrected chi connectivity index (χ1v) is 9.75. The lowest BCUT2D eigenvalue weighted by molar-refractivity contribution is 0.352. The van der Waals surface area contributed by atoms with Crippen LogP contribution >= 0.6 is 23.5 Å². The molecule has 2 aliphatic rings. The van der Waals surface area contributed by atoms with Gasteiger partial charge in [0, 0.05) is 22.8 Å². The van der Waals surface area contributed by atoms with Gasteiger partial charge in [-0.2, -0.15) is 16.7 Å². The topological polar surface area (TPSA) is 51.0 Å². The molecule has 0 amide bonds. The van der Waals surface area contributed by atoms with E-state index >= 15 is 0 Å². The second kappa shape index (κ2) is 7.18. The van der Waals surface area contributed by atoms with Gasteiger partial charge >= 0.3 is 0 Å². The van der Waals surface area contributed by atoms with Crippen LogP contribution in [0.2, 0.25) is 0 Å². The second-order valence-electron chi connectivity index (χ2n) is 5.52. The van der Waals surface area contributed by atoms with E-state index in [1.165, 1.54) is 43.6 Å². The standard InChI is InChI=1S/C14H23N3OS2/c1-2-11-13(20-8-7-19-11)14-16-12(18-17-14)9-15-10-5-3-4-6-10/h10-11,13,15H,2-9H2,1H3. The van der Waals surface area contributed by atoms with Crippen molar-refractivity contribution >= 4 is 23.5 Å². The number of hydrogen-bond acceptors (Lipinski definition) is 6. The molecule has 1 saturated heterocycles. The van der Waals surface area contributed by atoms with Gasteiger partial charge in [-0.15, -0.1) is 11.8 Å². The van der Waals surface area contributed by atoms with Gasteiger partial charge in [0.05, 0.1) is 11.8 Å². The van der Waals surface area contributed by atoms with Crippen molar-refractivity contribution in [1.29, 1.82) is 0 Å². The quantitative estimate of drug-likeness (QED) is 0.899. The average Bonchev–Trinajstić information content (AvgIpc) is 3.16. The first kappa shape index (κ1) is 14.7. The van der Waals surface area contributed by atoms with Gasteiger partial charge in [0.2, 0.25) is 5.89 Å². The second-order valence-corrected chi connectivity index (χ2v) is 8.11. The third-order valence-corrected chi connectivity index (χ3v) is 7.33. The molecule has 20 heavy (non-hydrogen) atoms. The molecule has 6 heteroatoms. The zero-order chi connectivity index (χ0) is 13.8. The van der Waals surface area contributed by atoms with Crippen molar-refractivity contribution in [2.24, 2.45) is 0 Å². The van der Waals surface area contributed by atoms with Crippen molar-refractivity contribution in [3.05, 3.63) is 11.7 Å². The summed E-state index contributed by atoms with van der Waals surface area (Å²) in [6, 6.07) is 0.647. The van der Waals surface area contributed by atoms with Gasteiger partial charge in [-0.3, -0.25) is 0 Å². The Hall–Kier alpha value is -0.200. The Morgan fingerprint density at radius 1 is 1.25 bits per heavy atom. The Morgan fingerprint density at radius 2 is 2.05 bits per heavy atom. The van der Waals surface area contributed by atoms with Crippen molar-refractivity contribution in [2.45, 2.75) is 62.1 Å². The summed E-state index contributed by atoms with van der Waals surface area (Å²) in [5, 5.41) is 8.79. The molecular weight excluding hydrogens is 290 g/mol. The first-order valence-electron chi connectivity index (χ1n) is 7.66. The summed E-state index contributed by atoms with van der Waals surface area (Å²) in [7, 11) is 0. The van der Waals surface area contributed by atoms with Crippen LogP contribution in [0.15, 0.2) is 4.52 Å². The highest BCUT2D eigenvalue weighted by molar-refractivity contribution is 8.06. The van der Waals surface area contributed by atoms with Crippen molar-refractivity contribution < 1.29 is 4.52 Å². The zero-order valence-electron chi connectivity index (χ0n) is 12.0. The molecule has 2 unspecified atom stereocenters. The van der Waals surface area contributed by atoms with Crippen LogP contribution in [0, 0.1) is 0 Å².